The predicted molar refractivity (Wildman–Crippen MR) is 132 cm³/mol. The van der Waals surface area contributed by atoms with E-state index in [1.807, 2.05) is 11.0 Å². The van der Waals surface area contributed by atoms with Gasteiger partial charge in [-0.05, 0) is 51.8 Å². The molecule has 4 rings (SSSR count). The highest BCUT2D eigenvalue weighted by atomic mass is 32.2. The number of carbonyl (C=O) groups excluding carboxylic acids is 2. The predicted octanol–water partition coefficient (Wildman–Crippen LogP) is 2.16. The van der Waals surface area contributed by atoms with Gasteiger partial charge in [-0.15, -0.1) is 0 Å². The molecule has 3 amide bonds. The average molecular weight is 491 g/mol. The maximum absolute atomic E-state index is 13.4. The standard InChI is InChI=1S/C25H38N4O4S/c1-4-14-29-23(31)28(19-22(30)27-15-17-34(32,33)18-16-27)20-24(29)10-12-25(13-11-24,26(2)3)21-8-6-5-7-9-21/h5-9H,4,10-20H2,1-3H3. The van der Waals surface area contributed by atoms with Gasteiger partial charge in [0.05, 0.1) is 17.0 Å². The maximum atomic E-state index is 13.4. The first-order valence-electron chi connectivity index (χ1n) is 12.4. The lowest BCUT2D eigenvalue weighted by Crippen LogP contribution is -2.55. The van der Waals surface area contributed by atoms with E-state index in [1.54, 1.807) is 9.80 Å². The van der Waals surface area contributed by atoms with Crippen molar-refractivity contribution in [3.8, 4) is 0 Å². The van der Waals surface area contributed by atoms with Crippen LogP contribution in [0.5, 0.6) is 0 Å². The van der Waals surface area contributed by atoms with Crippen molar-refractivity contribution in [1.29, 1.82) is 0 Å². The molecular formula is C25H38N4O4S. The Morgan fingerprint density at radius 1 is 1.03 bits per heavy atom. The highest BCUT2D eigenvalue weighted by Crippen LogP contribution is 2.48. The molecule has 34 heavy (non-hydrogen) atoms. The Morgan fingerprint density at radius 2 is 1.65 bits per heavy atom. The summed E-state index contributed by atoms with van der Waals surface area (Å²) in [4.78, 5) is 34.0. The molecule has 1 aliphatic carbocycles. The van der Waals surface area contributed by atoms with Gasteiger partial charge >= 0.3 is 6.03 Å². The van der Waals surface area contributed by atoms with E-state index in [1.165, 1.54) is 5.56 Å². The summed E-state index contributed by atoms with van der Waals surface area (Å²) >= 11 is 0. The summed E-state index contributed by atoms with van der Waals surface area (Å²) in [5.74, 6) is -0.144. The summed E-state index contributed by atoms with van der Waals surface area (Å²) in [5.41, 5.74) is 0.997. The summed E-state index contributed by atoms with van der Waals surface area (Å²) in [6.07, 6.45) is 4.54. The van der Waals surface area contributed by atoms with Crippen molar-refractivity contribution >= 4 is 21.8 Å². The Bertz CT molecular complexity index is 989. The second-order valence-electron chi connectivity index (χ2n) is 10.3. The Balaban J connectivity index is 1.50. The minimum Gasteiger partial charge on any atom is -0.339 e. The van der Waals surface area contributed by atoms with Crippen LogP contribution in [0.1, 0.15) is 44.6 Å². The van der Waals surface area contributed by atoms with Crippen LogP contribution in [0.4, 0.5) is 4.79 Å². The van der Waals surface area contributed by atoms with Crippen molar-refractivity contribution in [3.05, 3.63) is 35.9 Å². The third-order valence-corrected chi connectivity index (χ3v) is 9.81. The van der Waals surface area contributed by atoms with E-state index in [-0.39, 0.29) is 54.2 Å². The van der Waals surface area contributed by atoms with Crippen molar-refractivity contribution in [1.82, 2.24) is 19.6 Å². The zero-order valence-electron chi connectivity index (χ0n) is 20.7. The van der Waals surface area contributed by atoms with Gasteiger partial charge < -0.3 is 14.7 Å². The van der Waals surface area contributed by atoms with Crippen molar-refractivity contribution < 1.29 is 18.0 Å². The summed E-state index contributed by atoms with van der Waals surface area (Å²) in [6, 6.07) is 10.6. The highest BCUT2D eigenvalue weighted by molar-refractivity contribution is 7.91. The van der Waals surface area contributed by atoms with Crippen molar-refractivity contribution in [2.75, 3.05) is 58.3 Å². The van der Waals surface area contributed by atoms with Crippen LogP contribution in [0, 0.1) is 0 Å². The SMILES string of the molecule is CCCN1C(=O)N(CC(=O)N2CCS(=O)(=O)CC2)CC12CCC(c1ccccc1)(N(C)C)CC2. The topological polar surface area (TPSA) is 81.2 Å². The average Bonchev–Trinajstić information content (AvgIpc) is 3.06. The number of hydrogen-bond donors (Lipinski definition) is 0. The van der Waals surface area contributed by atoms with E-state index in [2.05, 4.69) is 50.2 Å². The van der Waals surface area contributed by atoms with E-state index in [4.69, 9.17) is 0 Å². The minimum atomic E-state index is -3.05. The van der Waals surface area contributed by atoms with E-state index in [9.17, 15) is 18.0 Å². The second kappa shape index (κ2) is 9.49. The third-order valence-electron chi connectivity index (χ3n) is 8.20. The lowest BCUT2D eigenvalue weighted by molar-refractivity contribution is -0.131. The van der Waals surface area contributed by atoms with Crippen LogP contribution < -0.4 is 0 Å². The number of hydrogen-bond acceptors (Lipinski definition) is 5. The quantitative estimate of drug-likeness (QED) is 0.611. The van der Waals surface area contributed by atoms with E-state index in [0.717, 1.165) is 32.1 Å². The van der Waals surface area contributed by atoms with Crippen LogP contribution >= 0.6 is 0 Å². The molecule has 2 aliphatic heterocycles. The molecule has 2 saturated heterocycles. The van der Waals surface area contributed by atoms with E-state index in [0.29, 0.717) is 13.1 Å². The van der Waals surface area contributed by atoms with Gasteiger partial charge in [0, 0.05) is 31.7 Å². The number of rotatable bonds is 6. The highest BCUT2D eigenvalue weighted by Gasteiger charge is 2.54. The molecule has 0 unspecified atom stereocenters. The van der Waals surface area contributed by atoms with Crippen molar-refractivity contribution in [3.63, 3.8) is 0 Å². The number of urea groups is 1. The molecule has 0 atom stereocenters. The van der Waals surface area contributed by atoms with Crippen LogP contribution in [0.25, 0.3) is 0 Å². The Labute approximate surface area is 203 Å². The normalized spacial score (nSPS) is 29.3. The van der Waals surface area contributed by atoms with Crippen LogP contribution in [0.15, 0.2) is 30.3 Å². The molecular weight excluding hydrogens is 452 g/mol. The molecule has 0 N–H and O–H groups in total. The lowest BCUT2D eigenvalue weighted by Gasteiger charge is -2.51. The molecule has 0 aromatic heterocycles. The fraction of sp³-hybridized carbons (Fsp3) is 0.680. The zero-order chi connectivity index (χ0) is 24.6. The van der Waals surface area contributed by atoms with Crippen LogP contribution in [0.2, 0.25) is 0 Å². The number of carbonyl (C=O) groups is 2. The van der Waals surface area contributed by atoms with Gasteiger partial charge in [-0.2, -0.15) is 0 Å². The number of benzene rings is 1. The minimum absolute atomic E-state index is 0.00465. The van der Waals surface area contributed by atoms with Gasteiger partial charge in [0.2, 0.25) is 5.91 Å². The molecule has 2 heterocycles. The third kappa shape index (κ3) is 4.56. The molecule has 188 valence electrons. The summed E-state index contributed by atoms with van der Waals surface area (Å²) in [6.45, 7) is 3.79. The largest absolute Gasteiger partial charge is 0.339 e. The molecule has 1 spiro atoms. The molecule has 3 aliphatic rings. The number of amides is 3. The molecule has 9 heteroatoms. The molecule has 0 bridgehead atoms. The Morgan fingerprint density at radius 3 is 2.21 bits per heavy atom. The second-order valence-corrected chi connectivity index (χ2v) is 12.6. The summed E-state index contributed by atoms with van der Waals surface area (Å²) < 4.78 is 23.4. The zero-order valence-corrected chi connectivity index (χ0v) is 21.5. The molecule has 1 aromatic carbocycles. The van der Waals surface area contributed by atoms with E-state index >= 15 is 0 Å². The van der Waals surface area contributed by atoms with Gasteiger partial charge in [0.1, 0.15) is 6.54 Å². The Hall–Kier alpha value is -2.13. The lowest BCUT2D eigenvalue weighted by atomic mass is 9.68. The van der Waals surface area contributed by atoms with Gasteiger partial charge in [-0.1, -0.05) is 37.3 Å². The first-order chi connectivity index (χ1) is 16.1. The monoisotopic (exact) mass is 490 g/mol. The molecule has 0 radical (unpaired) electrons. The van der Waals surface area contributed by atoms with Gasteiger partial charge in [-0.25, -0.2) is 13.2 Å². The van der Waals surface area contributed by atoms with Crippen LogP contribution in [0.3, 0.4) is 0 Å². The Kier molecular flexibility index (Phi) is 6.97. The van der Waals surface area contributed by atoms with Crippen molar-refractivity contribution in [2.45, 2.75) is 50.1 Å². The van der Waals surface area contributed by atoms with Crippen LogP contribution in [-0.4, -0.2) is 104 Å². The van der Waals surface area contributed by atoms with E-state index < -0.39 is 9.84 Å². The summed E-state index contributed by atoms with van der Waals surface area (Å²) in [7, 11) is 1.22. The first-order valence-corrected chi connectivity index (χ1v) is 14.2. The fourth-order valence-corrected chi connectivity index (χ4v) is 7.29. The fourth-order valence-electron chi connectivity index (χ4n) is 6.09. The molecule has 3 fully saturated rings. The first kappa shape index (κ1) is 25.0. The molecule has 1 aromatic rings. The molecule has 8 nitrogen and oxygen atoms in total. The van der Waals surface area contributed by atoms with Gasteiger partial charge in [-0.3, -0.25) is 9.69 Å². The number of nitrogens with zero attached hydrogens (tertiary/aromatic N) is 4. The van der Waals surface area contributed by atoms with Crippen molar-refractivity contribution in [2.24, 2.45) is 0 Å². The maximum Gasteiger partial charge on any atom is 0.321 e. The number of sulfone groups is 1. The van der Waals surface area contributed by atoms with Crippen LogP contribution in [-0.2, 0) is 20.2 Å². The smallest absolute Gasteiger partial charge is 0.321 e. The van der Waals surface area contributed by atoms with Gasteiger partial charge in [0.15, 0.2) is 9.84 Å². The molecule has 1 saturated carbocycles. The summed E-state index contributed by atoms with van der Waals surface area (Å²) in [5, 5.41) is 0. The van der Waals surface area contributed by atoms with Gasteiger partial charge in [0.25, 0.3) is 0 Å².